The van der Waals surface area contributed by atoms with Gasteiger partial charge in [-0.3, -0.25) is 9.36 Å². The van der Waals surface area contributed by atoms with E-state index in [0.717, 1.165) is 0 Å². The molecule has 0 aliphatic heterocycles. The van der Waals surface area contributed by atoms with Crippen LogP contribution >= 0.6 is 11.6 Å². The Morgan fingerprint density at radius 2 is 1.88 bits per heavy atom. The largest absolute Gasteiger partial charge is 0.591 e. The molecule has 0 spiro atoms. The molecule has 0 saturated heterocycles. The first-order chi connectivity index (χ1) is 11.8. The summed E-state index contributed by atoms with van der Waals surface area (Å²) < 4.78 is 19.1. The zero-order valence-corrected chi connectivity index (χ0v) is 15.7. The summed E-state index contributed by atoms with van der Waals surface area (Å²) in [4.78, 5) is 13.0. The van der Waals surface area contributed by atoms with Gasteiger partial charge in [-0.1, -0.05) is 34.2 Å². The van der Waals surface area contributed by atoms with Crippen molar-refractivity contribution in [3.63, 3.8) is 0 Å². The van der Waals surface area contributed by atoms with Crippen molar-refractivity contribution >= 4 is 34.7 Å². The molecule has 0 amide bonds. The molecule has 130 valence electrons. The lowest BCUT2D eigenvalue weighted by molar-refractivity contribution is 0.561. The minimum Gasteiger partial charge on any atom is -0.591 e. The van der Waals surface area contributed by atoms with Gasteiger partial charge in [-0.2, -0.15) is 0 Å². The van der Waals surface area contributed by atoms with E-state index in [4.69, 9.17) is 11.6 Å². The number of benzene rings is 1. The molecule has 7 heteroatoms. The average molecular weight is 376 g/mol. The van der Waals surface area contributed by atoms with Crippen molar-refractivity contribution in [2.75, 3.05) is 0 Å². The highest BCUT2D eigenvalue weighted by Crippen LogP contribution is 2.19. The highest BCUT2D eigenvalue weighted by molar-refractivity contribution is 7.91. The molecule has 5 nitrogen and oxygen atoms in total. The number of hydrogen-bond acceptors (Lipinski definition) is 3. The summed E-state index contributed by atoms with van der Waals surface area (Å²) in [6.45, 7) is 5.54. The van der Waals surface area contributed by atoms with Gasteiger partial charge in [-0.15, -0.1) is 0 Å². The van der Waals surface area contributed by atoms with Gasteiger partial charge in [0.05, 0.1) is 10.7 Å². The van der Waals surface area contributed by atoms with E-state index in [1.54, 1.807) is 22.9 Å². The number of rotatable bonds is 3. The smallest absolute Gasteiger partial charge is 0.281 e. The van der Waals surface area contributed by atoms with Gasteiger partial charge in [0.25, 0.3) is 5.56 Å². The highest BCUT2D eigenvalue weighted by atomic mass is 35.5. The molecule has 0 N–H and O–H groups in total. The second-order valence-corrected chi connectivity index (χ2v) is 8.89. The van der Waals surface area contributed by atoms with Gasteiger partial charge in [0.15, 0.2) is 0 Å². The van der Waals surface area contributed by atoms with Gasteiger partial charge in [0.2, 0.25) is 0 Å². The molecule has 1 aromatic carbocycles. The van der Waals surface area contributed by atoms with E-state index >= 15 is 0 Å². The Morgan fingerprint density at radius 3 is 2.52 bits per heavy atom. The third-order valence-corrected chi connectivity index (χ3v) is 5.27. The molecule has 3 rings (SSSR count). The quantitative estimate of drug-likeness (QED) is 0.518. The van der Waals surface area contributed by atoms with Crippen LogP contribution in [0.25, 0.3) is 11.2 Å². The molecule has 2 aromatic heterocycles. The second kappa shape index (κ2) is 6.71. The third kappa shape index (κ3) is 3.51. The fourth-order valence-corrected chi connectivity index (χ4v) is 3.12. The van der Waals surface area contributed by atoms with Crippen molar-refractivity contribution < 1.29 is 4.55 Å². The van der Waals surface area contributed by atoms with Gasteiger partial charge in [-0.25, -0.2) is 0 Å². The SMILES string of the molecule is CC(C)(C)[S+]([O-])N=Cc1cn2ccc(Cl)c2c(=O)n1-c1ccccc1. The number of hydrogen-bond donors (Lipinski definition) is 0. The predicted octanol–water partition coefficient (Wildman–Crippen LogP) is 3.62. The molecule has 0 radical (unpaired) electrons. The molecule has 1 atom stereocenters. The van der Waals surface area contributed by atoms with Crippen LogP contribution in [-0.4, -0.2) is 24.5 Å². The molecule has 3 aromatic rings. The molecule has 0 aliphatic rings. The molecule has 0 fully saturated rings. The van der Waals surface area contributed by atoms with Gasteiger partial charge >= 0.3 is 0 Å². The first kappa shape index (κ1) is 17.8. The monoisotopic (exact) mass is 375 g/mol. The van der Waals surface area contributed by atoms with E-state index in [-0.39, 0.29) is 5.56 Å². The van der Waals surface area contributed by atoms with Crippen LogP contribution in [0.1, 0.15) is 26.5 Å². The van der Waals surface area contributed by atoms with Crippen LogP contribution in [0.5, 0.6) is 0 Å². The van der Waals surface area contributed by atoms with E-state index in [0.29, 0.717) is 21.9 Å². The number of para-hydroxylation sites is 1. The van der Waals surface area contributed by atoms with Crippen LogP contribution in [0.2, 0.25) is 5.02 Å². The molecule has 0 aliphatic carbocycles. The normalized spacial score (nSPS) is 13.6. The molecular weight excluding hydrogens is 358 g/mol. The zero-order valence-electron chi connectivity index (χ0n) is 14.1. The topological polar surface area (TPSA) is 61.8 Å². The summed E-state index contributed by atoms with van der Waals surface area (Å²) in [5.41, 5.74) is 1.34. The zero-order chi connectivity index (χ0) is 18.2. The Balaban J connectivity index is 2.23. The highest BCUT2D eigenvalue weighted by Gasteiger charge is 2.26. The standard InChI is InChI=1S/C18H18ClN3O2S/c1-18(2,3)25(24)20-11-14-12-21-10-9-15(19)16(21)17(23)22(14)13-7-5-4-6-8-13/h4-12H,1-3H3. The first-order valence-electron chi connectivity index (χ1n) is 7.73. The van der Waals surface area contributed by atoms with Gasteiger partial charge in [0.1, 0.15) is 27.8 Å². The number of aromatic nitrogens is 2. The van der Waals surface area contributed by atoms with Crippen molar-refractivity contribution in [2.45, 2.75) is 25.5 Å². The van der Waals surface area contributed by atoms with E-state index in [1.165, 1.54) is 10.8 Å². The third-order valence-electron chi connectivity index (χ3n) is 3.62. The molecule has 0 bridgehead atoms. The minimum absolute atomic E-state index is 0.258. The maximum absolute atomic E-state index is 13.0. The second-order valence-electron chi connectivity index (χ2n) is 6.55. The van der Waals surface area contributed by atoms with E-state index in [1.807, 2.05) is 51.1 Å². The summed E-state index contributed by atoms with van der Waals surface area (Å²) >= 11 is 4.74. The fraction of sp³-hybridized carbons (Fsp3) is 0.222. The van der Waals surface area contributed by atoms with Crippen LogP contribution in [0, 0.1) is 0 Å². The molecule has 25 heavy (non-hydrogen) atoms. The van der Waals surface area contributed by atoms with Crippen molar-refractivity contribution in [1.29, 1.82) is 0 Å². The van der Waals surface area contributed by atoms with E-state index in [9.17, 15) is 9.35 Å². The maximum atomic E-state index is 13.0. The lowest BCUT2D eigenvalue weighted by Crippen LogP contribution is -2.27. The average Bonchev–Trinajstić information content (AvgIpc) is 2.94. The van der Waals surface area contributed by atoms with E-state index in [2.05, 4.69) is 4.40 Å². The van der Waals surface area contributed by atoms with Crippen LogP contribution < -0.4 is 5.56 Å². The van der Waals surface area contributed by atoms with Gasteiger partial charge in [0, 0.05) is 18.1 Å². The summed E-state index contributed by atoms with van der Waals surface area (Å²) in [5.74, 6) is 0. The molecule has 2 heterocycles. The number of fused-ring (bicyclic) bond motifs is 1. The van der Waals surface area contributed by atoms with Crippen molar-refractivity contribution in [3.8, 4) is 5.69 Å². The lowest BCUT2D eigenvalue weighted by Gasteiger charge is -2.18. The van der Waals surface area contributed by atoms with Crippen LogP contribution in [0.4, 0.5) is 0 Å². The van der Waals surface area contributed by atoms with Crippen molar-refractivity contribution in [3.05, 3.63) is 69.9 Å². The first-order valence-corrected chi connectivity index (χ1v) is 9.21. The predicted molar refractivity (Wildman–Crippen MR) is 103 cm³/mol. The van der Waals surface area contributed by atoms with Gasteiger partial charge < -0.3 is 8.95 Å². The molecule has 1 unspecified atom stereocenters. The Morgan fingerprint density at radius 1 is 1.20 bits per heavy atom. The fourth-order valence-electron chi connectivity index (χ4n) is 2.36. The maximum Gasteiger partial charge on any atom is 0.281 e. The molecule has 0 saturated carbocycles. The summed E-state index contributed by atoms with van der Waals surface area (Å²) in [5, 5.41) is 0.386. The van der Waals surface area contributed by atoms with Gasteiger partial charge in [-0.05, 0) is 39.0 Å². The lowest BCUT2D eigenvalue weighted by atomic mass is 10.3. The number of halogens is 1. The van der Waals surface area contributed by atoms with E-state index < -0.39 is 16.1 Å². The molecular formula is C18H18ClN3O2S. The Kier molecular flexibility index (Phi) is 4.77. The van der Waals surface area contributed by atoms with Crippen LogP contribution in [-0.2, 0) is 11.4 Å². The summed E-state index contributed by atoms with van der Waals surface area (Å²) in [6, 6.07) is 10.9. The Labute approximate surface area is 153 Å². The Bertz CT molecular complexity index is 987. The van der Waals surface area contributed by atoms with Crippen molar-refractivity contribution in [1.82, 2.24) is 8.97 Å². The Hall–Kier alpha value is -2.02. The summed E-state index contributed by atoms with van der Waals surface area (Å²) in [6.07, 6.45) is 4.94. The van der Waals surface area contributed by atoms with Crippen molar-refractivity contribution in [2.24, 2.45) is 4.40 Å². The van der Waals surface area contributed by atoms with Crippen LogP contribution in [0.3, 0.4) is 0 Å². The number of nitrogens with zero attached hydrogens (tertiary/aromatic N) is 3. The minimum atomic E-state index is -1.42. The summed E-state index contributed by atoms with van der Waals surface area (Å²) in [7, 11) is 0. The van der Waals surface area contributed by atoms with Crippen LogP contribution in [0.15, 0.2) is 58.0 Å².